The summed E-state index contributed by atoms with van der Waals surface area (Å²) in [7, 11) is 4.06. The molecule has 0 fully saturated rings. The van der Waals surface area contributed by atoms with Crippen LogP contribution in [0.15, 0.2) is 36.5 Å². The molecule has 0 bridgehead atoms. The molecule has 2 aromatic heterocycles. The highest BCUT2D eigenvalue weighted by Gasteiger charge is 2.40. The smallest absolute Gasteiger partial charge is 0.416 e. The van der Waals surface area contributed by atoms with Crippen LogP contribution in [0.5, 0.6) is 11.6 Å². The Bertz CT molecular complexity index is 1710. The van der Waals surface area contributed by atoms with Crippen molar-refractivity contribution in [1.29, 1.82) is 0 Å². The third-order valence-corrected chi connectivity index (χ3v) is 8.21. The number of ether oxygens (including phenoxy) is 5. The van der Waals surface area contributed by atoms with E-state index in [0.717, 1.165) is 0 Å². The first kappa shape index (κ1) is 39.9. The summed E-state index contributed by atoms with van der Waals surface area (Å²) in [6.45, 7) is 4.86. The van der Waals surface area contributed by atoms with Gasteiger partial charge in [0.1, 0.15) is 13.2 Å². The molecule has 0 saturated carbocycles. The van der Waals surface area contributed by atoms with E-state index in [2.05, 4.69) is 20.3 Å². The molecule has 2 atom stereocenters. The number of hydrogen-bond acceptors (Lipinski definition) is 11. The van der Waals surface area contributed by atoms with Crippen LogP contribution in [0.2, 0.25) is 0 Å². The number of pyridine rings is 1. The lowest BCUT2D eigenvalue weighted by Gasteiger charge is -2.39. The fourth-order valence-corrected chi connectivity index (χ4v) is 5.51. The topological polar surface area (TPSA) is 134 Å². The number of halogens is 6. The summed E-state index contributed by atoms with van der Waals surface area (Å²) < 4.78 is 108. The van der Waals surface area contributed by atoms with Crippen molar-refractivity contribution >= 4 is 23.7 Å². The predicted molar refractivity (Wildman–Crippen MR) is 174 cm³/mol. The minimum Gasteiger partial charge on any atom is -0.488 e. The average Bonchev–Trinajstić information content (AvgIpc) is 3.09. The molecule has 12 nitrogen and oxygen atoms in total. The zero-order valence-electron chi connectivity index (χ0n) is 29.3. The highest BCUT2D eigenvalue weighted by atomic mass is 19.4. The first-order valence-electron chi connectivity index (χ1n) is 16.0. The van der Waals surface area contributed by atoms with Gasteiger partial charge in [0.2, 0.25) is 11.8 Å². The largest absolute Gasteiger partial charge is 0.488 e. The number of methoxy groups -OCH3 is 3. The molecule has 0 spiro atoms. The second-order valence-corrected chi connectivity index (χ2v) is 12.5. The van der Waals surface area contributed by atoms with Crippen LogP contribution in [-0.4, -0.2) is 74.2 Å². The van der Waals surface area contributed by atoms with E-state index in [-0.39, 0.29) is 61.1 Å². The first-order valence-corrected chi connectivity index (χ1v) is 16.0. The van der Waals surface area contributed by atoms with Gasteiger partial charge < -0.3 is 29.0 Å². The van der Waals surface area contributed by atoms with Crippen molar-refractivity contribution in [2.75, 3.05) is 51.4 Å². The van der Waals surface area contributed by atoms with Gasteiger partial charge in [0.05, 0.1) is 66.7 Å². The number of benzene rings is 1. The minimum atomic E-state index is -5.04. The molecule has 0 saturated heterocycles. The maximum Gasteiger partial charge on any atom is 0.416 e. The lowest BCUT2D eigenvalue weighted by molar-refractivity contribution is -0.152. The molecule has 1 amide bonds. The van der Waals surface area contributed by atoms with Gasteiger partial charge in [-0.2, -0.15) is 26.3 Å². The Labute approximate surface area is 295 Å². The predicted octanol–water partition coefficient (Wildman–Crippen LogP) is 7.01. The van der Waals surface area contributed by atoms with Gasteiger partial charge in [-0.15, -0.1) is 0 Å². The van der Waals surface area contributed by atoms with Crippen LogP contribution < -0.4 is 19.7 Å². The van der Waals surface area contributed by atoms with Crippen molar-refractivity contribution in [2.24, 2.45) is 5.41 Å². The molecule has 284 valence electrons. The van der Waals surface area contributed by atoms with Crippen LogP contribution in [0.1, 0.15) is 67.7 Å². The molecule has 0 aliphatic carbocycles. The fourth-order valence-electron chi connectivity index (χ4n) is 5.51. The number of fused-ring (bicyclic) bond motifs is 1. The molecule has 1 aliphatic rings. The van der Waals surface area contributed by atoms with Crippen molar-refractivity contribution in [2.45, 2.75) is 64.5 Å². The highest BCUT2D eigenvalue weighted by molar-refractivity contribution is 5.90. The Balaban J connectivity index is 1.72. The Morgan fingerprint density at radius 1 is 0.962 bits per heavy atom. The summed E-state index contributed by atoms with van der Waals surface area (Å²) >= 11 is 0. The Kier molecular flexibility index (Phi) is 12.4. The molecule has 1 aliphatic heterocycles. The summed E-state index contributed by atoms with van der Waals surface area (Å²) in [5.74, 6) is -0.365. The SMILES string of the molecule is CC[C@@H]1C[C@H](Nc2ncc(OCCOC)c(Cc3cc(C(F)(F)F)cc(C(F)(F)F)c3)n2)c2nc(OC)ccc2N1C(=O)OCC(C)(C)C(=O)OC. The number of anilines is 2. The number of alkyl halides is 6. The summed E-state index contributed by atoms with van der Waals surface area (Å²) in [5.41, 5.74) is -3.66. The van der Waals surface area contributed by atoms with Crippen LogP contribution in [0.25, 0.3) is 0 Å². The lowest BCUT2D eigenvalue weighted by atomic mass is 9.93. The number of hydrogen-bond donors (Lipinski definition) is 1. The van der Waals surface area contributed by atoms with Crippen molar-refractivity contribution in [3.05, 3.63) is 64.6 Å². The van der Waals surface area contributed by atoms with Gasteiger partial charge in [0.25, 0.3) is 0 Å². The quantitative estimate of drug-likeness (QED) is 0.110. The molecule has 4 rings (SSSR count). The van der Waals surface area contributed by atoms with Gasteiger partial charge in [0.15, 0.2) is 5.75 Å². The normalized spacial score (nSPS) is 16.2. The molecular formula is C34H39F6N5O7. The maximum absolute atomic E-state index is 13.6. The summed E-state index contributed by atoms with van der Waals surface area (Å²) in [6.07, 6.45) is -9.33. The van der Waals surface area contributed by atoms with Gasteiger partial charge in [-0.25, -0.2) is 19.7 Å². The van der Waals surface area contributed by atoms with Gasteiger partial charge in [-0.1, -0.05) is 6.92 Å². The number of amides is 1. The van der Waals surface area contributed by atoms with Crippen molar-refractivity contribution in [3.63, 3.8) is 0 Å². The van der Waals surface area contributed by atoms with Crippen LogP contribution in [0.4, 0.5) is 42.8 Å². The Morgan fingerprint density at radius 3 is 2.21 bits per heavy atom. The van der Waals surface area contributed by atoms with Crippen LogP contribution in [-0.2, 0) is 37.8 Å². The van der Waals surface area contributed by atoms with E-state index in [1.165, 1.54) is 32.4 Å². The Hall–Kier alpha value is -4.87. The second-order valence-electron chi connectivity index (χ2n) is 12.5. The second kappa shape index (κ2) is 16.2. The molecule has 1 N–H and O–H groups in total. The lowest BCUT2D eigenvalue weighted by Crippen LogP contribution is -2.47. The summed E-state index contributed by atoms with van der Waals surface area (Å²) in [5, 5.41) is 3.16. The van der Waals surface area contributed by atoms with E-state index in [4.69, 9.17) is 23.7 Å². The van der Waals surface area contributed by atoms with Crippen molar-refractivity contribution in [3.8, 4) is 11.6 Å². The first-order chi connectivity index (χ1) is 24.4. The van der Waals surface area contributed by atoms with E-state index >= 15 is 0 Å². The van der Waals surface area contributed by atoms with Crippen LogP contribution in [0.3, 0.4) is 0 Å². The molecule has 3 aromatic rings. The van der Waals surface area contributed by atoms with Crippen LogP contribution in [0, 0.1) is 5.41 Å². The van der Waals surface area contributed by atoms with Crippen molar-refractivity contribution in [1.82, 2.24) is 15.0 Å². The minimum absolute atomic E-state index is 0.00107. The molecule has 18 heteroatoms. The highest BCUT2D eigenvalue weighted by Crippen LogP contribution is 2.41. The maximum atomic E-state index is 13.6. The van der Waals surface area contributed by atoms with E-state index in [1.807, 2.05) is 6.92 Å². The zero-order chi connectivity index (χ0) is 38.4. The van der Waals surface area contributed by atoms with Crippen molar-refractivity contribution < 1.29 is 59.6 Å². The summed E-state index contributed by atoms with van der Waals surface area (Å²) in [6, 6.07) is 3.36. The number of carbonyl (C=O) groups excluding carboxylic acids is 2. The zero-order valence-corrected chi connectivity index (χ0v) is 29.3. The van der Waals surface area contributed by atoms with Gasteiger partial charge in [-0.05, 0) is 56.5 Å². The number of nitrogens with zero attached hydrogens (tertiary/aromatic N) is 4. The molecular weight excluding hydrogens is 704 g/mol. The number of rotatable bonds is 13. The summed E-state index contributed by atoms with van der Waals surface area (Å²) in [4.78, 5) is 40.5. The average molecular weight is 744 g/mol. The molecule has 52 heavy (non-hydrogen) atoms. The Morgan fingerprint density at radius 2 is 1.63 bits per heavy atom. The molecule has 1 aromatic carbocycles. The molecule has 0 unspecified atom stereocenters. The third kappa shape index (κ3) is 9.51. The third-order valence-electron chi connectivity index (χ3n) is 8.21. The van der Waals surface area contributed by atoms with Gasteiger partial charge in [0, 0.05) is 25.6 Å². The van der Waals surface area contributed by atoms with E-state index in [1.54, 1.807) is 26.0 Å². The number of esters is 1. The molecule has 0 radical (unpaired) electrons. The van der Waals surface area contributed by atoms with E-state index in [0.29, 0.717) is 29.9 Å². The van der Waals surface area contributed by atoms with Gasteiger partial charge >= 0.3 is 24.4 Å². The number of carbonyl (C=O) groups is 2. The number of nitrogens with one attached hydrogen (secondary N) is 1. The van der Waals surface area contributed by atoms with E-state index < -0.39 is 59.5 Å². The number of aromatic nitrogens is 3. The fraction of sp³-hybridized carbons (Fsp3) is 0.500. The molecule has 3 heterocycles. The monoisotopic (exact) mass is 743 g/mol. The standard InChI is InChI=1S/C34H39F6N5O7/c1-7-22-16-24(28-25(8-9-27(44-28)49-5)45(22)31(47)52-18-32(2,3)29(46)50-6)43-30-41-17-26(51-11-10-48-4)23(42-30)14-19-12-20(33(35,36)37)15-21(13-19)34(38,39)40/h8-9,12-13,15,17,22,24H,7,10-11,14,16,18H2,1-6H3,(H,41,42,43)/t22-,24+/m1/s1. The van der Waals surface area contributed by atoms with Gasteiger partial charge in [-0.3, -0.25) is 9.69 Å². The van der Waals surface area contributed by atoms with E-state index in [9.17, 15) is 35.9 Å². The van der Waals surface area contributed by atoms with Crippen LogP contribution >= 0.6 is 0 Å².